The Labute approximate surface area is 251 Å². The van der Waals surface area contributed by atoms with Gasteiger partial charge in [0.1, 0.15) is 16.8 Å². The number of benzene rings is 2. The van der Waals surface area contributed by atoms with Gasteiger partial charge in [-0.05, 0) is 56.5 Å². The molecule has 0 amide bonds. The average Bonchev–Trinajstić information content (AvgIpc) is 2.94. The molecular formula is C33H42FN3O4S. The molecule has 2 heterocycles. The van der Waals surface area contributed by atoms with E-state index in [0.717, 1.165) is 22.4 Å². The van der Waals surface area contributed by atoms with E-state index in [2.05, 4.69) is 26.0 Å². The van der Waals surface area contributed by atoms with E-state index in [1.807, 2.05) is 51.1 Å². The maximum Gasteiger partial charge on any atom is 0.237 e. The molecule has 0 N–H and O–H groups in total. The van der Waals surface area contributed by atoms with Gasteiger partial charge in [0.05, 0.1) is 35.8 Å². The Bertz CT molecular complexity index is 1380. The summed E-state index contributed by atoms with van der Waals surface area (Å²) in [6, 6.07) is 16.3. The first-order valence-corrected chi connectivity index (χ1v) is 15.8. The number of anilines is 1. The Morgan fingerprint density at radius 1 is 1.10 bits per heavy atom. The van der Waals surface area contributed by atoms with E-state index in [1.165, 1.54) is 16.4 Å². The van der Waals surface area contributed by atoms with Crippen LogP contribution in [0.3, 0.4) is 0 Å². The van der Waals surface area contributed by atoms with E-state index in [-0.39, 0.29) is 29.5 Å². The van der Waals surface area contributed by atoms with Crippen LogP contribution in [0, 0.1) is 5.82 Å². The van der Waals surface area contributed by atoms with Crippen LogP contribution in [0.2, 0.25) is 0 Å². The lowest BCUT2D eigenvalue weighted by Gasteiger charge is -2.37. The Morgan fingerprint density at radius 3 is 2.40 bits per heavy atom. The van der Waals surface area contributed by atoms with Crippen molar-refractivity contribution in [3.8, 4) is 11.3 Å². The zero-order valence-corrected chi connectivity index (χ0v) is 26.4. The van der Waals surface area contributed by atoms with Gasteiger partial charge in [0.2, 0.25) is 5.95 Å². The lowest BCUT2D eigenvalue weighted by Crippen LogP contribution is -2.41. The van der Waals surface area contributed by atoms with Crippen molar-refractivity contribution in [1.29, 1.82) is 0 Å². The van der Waals surface area contributed by atoms with Gasteiger partial charge in [0, 0.05) is 37.3 Å². The van der Waals surface area contributed by atoms with E-state index in [4.69, 9.17) is 24.2 Å². The summed E-state index contributed by atoms with van der Waals surface area (Å²) in [5.41, 5.74) is 3.70. The number of nitrogens with zero attached hydrogens (tertiary/aromatic N) is 3. The molecule has 42 heavy (non-hydrogen) atoms. The van der Waals surface area contributed by atoms with Crippen LogP contribution in [0.1, 0.15) is 70.2 Å². The molecule has 0 aliphatic carbocycles. The Hall–Kier alpha value is -2.98. The van der Waals surface area contributed by atoms with Crippen LogP contribution in [0.15, 0.2) is 60.7 Å². The summed E-state index contributed by atoms with van der Waals surface area (Å²) in [5, 5.41) is 0. The lowest BCUT2D eigenvalue weighted by atomic mass is 9.96. The number of hydrogen-bond donors (Lipinski definition) is 0. The summed E-state index contributed by atoms with van der Waals surface area (Å²) >= 11 is 0. The molecule has 7 nitrogen and oxygen atoms in total. The van der Waals surface area contributed by atoms with Crippen LogP contribution in [0.4, 0.5) is 10.3 Å². The molecule has 4 atom stereocenters. The highest BCUT2D eigenvalue weighted by atomic mass is 32.2. The van der Waals surface area contributed by atoms with Crippen molar-refractivity contribution in [3.63, 3.8) is 0 Å². The zero-order valence-electron chi connectivity index (χ0n) is 25.5. The molecule has 0 saturated carbocycles. The number of aromatic nitrogens is 2. The van der Waals surface area contributed by atoms with Crippen LogP contribution in [-0.4, -0.2) is 51.6 Å². The van der Waals surface area contributed by atoms with Crippen molar-refractivity contribution < 1.29 is 22.8 Å². The first-order valence-electron chi connectivity index (χ1n) is 14.3. The predicted octanol–water partition coefficient (Wildman–Crippen LogP) is 7.05. The standard InChI is InChI=1S/C33H42FN3O4S/c1-22(2)30-28(31(24-13-15-25(34)16-14-24)36-32(35-30)37(6)42(7)38)18-17-26-19-27(20-29(40-26)41-33(3,4)5)39-21-23-11-9-8-10-12-23/h8-18,22,26-27,29H,19-21H2,1-7H3/b18-17+/t26-,27?,29?,42?/m1/s1. The van der Waals surface area contributed by atoms with Crippen LogP contribution in [0.25, 0.3) is 17.3 Å². The number of halogens is 1. The second kappa shape index (κ2) is 14.0. The summed E-state index contributed by atoms with van der Waals surface area (Å²) in [6.45, 7) is 10.7. The second-order valence-corrected chi connectivity index (χ2v) is 13.2. The fraction of sp³-hybridized carbons (Fsp3) is 0.455. The molecule has 1 saturated heterocycles. The summed E-state index contributed by atoms with van der Waals surface area (Å²) < 4.78 is 46.6. The minimum absolute atomic E-state index is 0.0375. The average molecular weight is 596 g/mol. The van der Waals surface area contributed by atoms with Gasteiger partial charge < -0.3 is 14.2 Å². The molecule has 0 radical (unpaired) electrons. The summed E-state index contributed by atoms with van der Waals surface area (Å²) in [6.07, 6.45) is 6.10. The van der Waals surface area contributed by atoms with Crippen molar-refractivity contribution in [2.75, 3.05) is 17.6 Å². The van der Waals surface area contributed by atoms with Crippen molar-refractivity contribution in [2.24, 2.45) is 0 Å². The molecule has 1 fully saturated rings. The Kier molecular flexibility index (Phi) is 10.6. The van der Waals surface area contributed by atoms with Crippen LogP contribution >= 0.6 is 0 Å². The number of ether oxygens (including phenoxy) is 3. The van der Waals surface area contributed by atoms with E-state index < -0.39 is 17.3 Å². The van der Waals surface area contributed by atoms with E-state index in [9.17, 15) is 8.60 Å². The van der Waals surface area contributed by atoms with Crippen molar-refractivity contribution >= 4 is 23.0 Å². The van der Waals surface area contributed by atoms with Gasteiger partial charge in [-0.15, -0.1) is 0 Å². The van der Waals surface area contributed by atoms with Crippen LogP contribution in [0.5, 0.6) is 0 Å². The molecule has 3 aromatic rings. The molecule has 0 spiro atoms. The number of rotatable bonds is 10. The van der Waals surface area contributed by atoms with E-state index in [1.54, 1.807) is 25.4 Å². The molecule has 1 aliphatic rings. The highest BCUT2D eigenvalue weighted by molar-refractivity contribution is 7.85. The third-order valence-corrected chi connectivity index (χ3v) is 7.80. The van der Waals surface area contributed by atoms with Gasteiger partial charge in [0.15, 0.2) is 6.29 Å². The van der Waals surface area contributed by atoms with Crippen molar-refractivity contribution in [2.45, 2.75) is 84.1 Å². The van der Waals surface area contributed by atoms with Crippen molar-refractivity contribution in [3.05, 3.63) is 83.3 Å². The summed E-state index contributed by atoms with van der Waals surface area (Å²) in [5.74, 6) is 0.0523. The zero-order chi connectivity index (χ0) is 30.4. The third-order valence-electron chi connectivity index (χ3n) is 6.86. The topological polar surface area (TPSA) is 73.8 Å². The molecule has 2 aromatic carbocycles. The normalized spacial score (nSPS) is 20.3. The Balaban J connectivity index is 1.69. The molecule has 226 valence electrons. The fourth-order valence-corrected chi connectivity index (χ4v) is 5.07. The van der Waals surface area contributed by atoms with Crippen LogP contribution in [-0.2, 0) is 31.8 Å². The van der Waals surface area contributed by atoms with Crippen molar-refractivity contribution in [1.82, 2.24) is 9.97 Å². The highest BCUT2D eigenvalue weighted by Gasteiger charge is 2.32. The molecule has 9 heteroatoms. The predicted molar refractivity (Wildman–Crippen MR) is 167 cm³/mol. The molecule has 3 unspecified atom stereocenters. The molecule has 4 rings (SSSR count). The molecule has 1 aliphatic heterocycles. The molecular weight excluding hydrogens is 553 g/mol. The van der Waals surface area contributed by atoms with Gasteiger partial charge in [0.25, 0.3) is 0 Å². The third kappa shape index (κ3) is 8.77. The highest BCUT2D eigenvalue weighted by Crippen LogP contribution is 2.33. The van der Waals surface area contributed by atoms with Gasteiger partial charge in [-0.1, -0.05) is 56.3 Å². The van der Waals surface area contributed by atoms with Gasteiger partial charge in [-0.25, -0.2) is 18.6 Å². The minimum atomic E-state index is -1.32. The summed E-state index contributed by atoms with van der Waals surface area (Å²) in [4.78, 5) is 9.61. The molecule has 1 aromatic heterocycles. The Morgan fingerprint density at radius 2 is 1.79 bits per heavy atom. The lowest BCUT2D eigenvalue weighted by molar-refractivity contribution is -0.246. The first-order chi connectivity index (χ1) is 19.9. The fourth-order valence-electron chi connectivity index (χ4n) is 4.76. The SMILES string of the molecule is CC(C)c1nc(N(C)S(C)=O)nc(-c2ccc(F)cc2)c1/C=C/[C@@H]1CC(OCc2ccccc2)CC(OC(C)(C)C)O1. The van der Waals surface area contributed by atoms with Gasteiger partial charge in [-0.2, -0.15) is 0 Å². The summed E-state index contributed by atoms with van der Waals surface area (Å²) in [7, 11) is 0.379. The first kappa shape index (κ1) is 31.9. The monoisotopic (exact) mass is 595 g/mol. The van der Waals surface area contributed by atoms with Gasteiger partial charge >= 0.3 is 0 Å². The van der Waals surface area contributed by atoms with Crippen LogP contribution < -0.4 is 4.31 Å². The smallest absolute Gasteiger partial charge is 0.237 e. The van der Waals surface area contributed by atoms with E-state index in [0.29, 0.717) is 31.1 Å². The quantitative estimate of drug-likeness (QED) is 0.250. The molecule has 0 bridgehead atoms. The second-order valence-electron chi connectivity index (χ2n) is 11.8. The maximum atomic E-state index is 13.8. The largest absolute Gasteiger partial charge is 0.373 e. The maximum absolute atomic E-state index is 13.8. The number of hydrogen-bond acceptors (Lipinski definition) is 6. The van der Waals surface area contributed by atoms with Gasteiger partial charge in [-0.3, -0.25) is 4.31 Å². The van der Waals surface area contributed by atoms with E-state index >= 15 is 0 Å². The minimum Gasteiger partial charge on any atom is -0.373 e.